The summed E-state index contributed by atoms with van der Waals surface area (Å²) < 4.78 is 0. The summed E-state index contributed by atoms with van der Waals surface area (Å²) in [7, 11) is 0. The van der Waals surface area contributed by atoms with E-state index < -0.39 is 10.4 Å². The van der Waals surface area contributed by atoms with Gasteiger partial charge in [-0.25, -0.2) is 0 Å². The smallest absolute Gasteiger partial charge is 0.156 e. The average molecular weight is 661 g/mol. The lowest BCUT2D eigenvalue weighted by molar-refractivity contribution is -0.133. The number of hydrogen-bond donors (Lipinski definition) is 1. The van der Waals surface area contributed by atoms with Crippen LogP contribution in [0.2, 0.25) is 0 Å². The Kier molecular flexibility index (Phi) is 28.7. The molecule has 3 nitrogen and oxygen atoms in total. The number of allylic oxidation sites excluding steroid dienone is 8. The number of Topliss-reactive ketones (excluding diaryl/α,β-unsaturated/α-hetero) is 2. The van der Waals surface area contributed by atoms with Crippen LogP contribution in [0.4, 0.5) is 0 Å². The monoisotopic (exact) mass is 660 g/mol. The summed E-state index contributed by atoms with van der Waals surface area (Å²) in [6.07, 6.45) is 44.0. The largest absolute Gasteiger partial charge is 0.317 e. The molecule has 0 saturated carbocycles. The van der Waals surface area contributed by atoms with Gasteiger partial charge in [0, 0.05) is 12.8 Å². The molecule has 266 valence electrons. The molecule has 0 heterocycles. The van der Waals surface area contributed by atoms with Crippen molar-refractivity contribution in [1.82, 2.24) is 0 Å². The lowest BCUT2D eigenvalue weighted by Crippen LogP contribution is -2.66. The van der Waals surface area contributed by atoms with E-state index in [1.807, 2.05) is 13.8 Å². The molecule has 2 atom stereocenters. The molecule has 2 N–H and O–H groups in total. The van der Waals surface area contributed by atoms with E-state index in [0.717, 1.165) is 64.2 Å². The standard InChI is InChI=1S/C42H74ClNO2/c1-6-8-10-12-14-16-18-20-22-24-26-28-30-32-34-36-39(45)41(5,44)42(43,38(3)4)40(46)37-35-33-31-29-27-25-23-21-19-17-15-13-11-9-7-2/h14-17,20-23,38H,6-13,18-19,24-37,44H2,1-5H3/b16-14-,17-15-,22-20-,23-21-. The second-order valence-corrected chi connectivity index (χ2v) is 14.5. The summed E-state index contributed by atoms with van der Waals surface area (Å²) in [6, 6.07) is 0. The Hall–Kier alpha value is -1.45. The molecule has 0 aliphatic carbocycles. The van der Waals surface area contributed by atoms with E-state index in [-0.39, 0.29) is 17.5 Å². The van der Waals surface area contributed by atoms with Gasteiger partial charge >= 0.3 is 0 Å². The molecule has 0 aliphatic heterocycles. The van der Waals surface area contributed by atoms with E-state index in [0.29, 0.717) is 12.8 Å². The van der Waals surface area contributed by atoms with E-state index in [1.54, 1.807) is 6.92 Å². The van der Waals surface area contributed by atoms with E-state index in [1.165, 1.54) is 77.0 Å². The van der Waals surface area contributed by atoms with Crippen molar-refractivity contribution in [3.63, 3.8) is 0 Å². The zero-order chi connectivity index (χ0) is 34.4. The highest BCUT2D eigenvalue weighted by atomic mass is 35.5. The van der Waals surface area contributed by atoms with Gasteiger partial charge in [-0.05, 0) is 89.9 Å². The predicted molar refractivity (Wildman–Crippen MR) is 205 cm³/mol. The Labute approximate surface area is 291 Å². The highest BCUT2D eigenvalue weighted by Crippen LogP contribution is 2.39. The van der Waals surface area contributed by atoms with Gasteiger partial charge in [-0.3, -0.25) is 9.59 Å². The van der Waals surface area contributed by atoms with E-state index in [2.05, 4.69) is 62.5 Å². The molecule has 0 aromatic heterocycles. The first-order valence-corrected chi connectivity index (χ1v) is 19.7. The van der Waals surface area contributed by atoms with Gasteiger partial charge in [-0.1, -0.05) is 141 Å². The topological polar surface area (TPSA) is 60.2 Å². The zero-order valence-electron chi connectivity index (χ0n) is 30.9. The van der Waals surface area contributed by atoms with Crippen LogP contribution < -0.4 is 5.73 Å². The van der Waals surface area contributed by atoms with Crippen LogP contribution in [-0.2, 0) is 9.59 Å². The Morgan fingerprint density at radius 3 is 1.24 bits per heavy atom. The number of carbonyl (C=O) groups is 2. The van der Waals surface area contributed by atoms with Gasteiger partial charge in [0.15, 0.2) is 11.6 Å². The van der Waals surface area contributed by atoms with Gasteiger partial charge in [0.25, 0.3) is 0 Å². The summed E-state index contributed by atoms with van der Waals surface area (Å²) in [6.45, 7) is 9.99. The van der Waals surface area contributed by atoms with Crippen LogP contribution in [-0.4, -0.2) is 22.0 Å². The molecule has 0 rings (SSSR count). The number of rotatable bonds is 32. The molecule has 0 spiro atoms. The quantitative estimate of drug-likeness (QED) is 0.0444. The fourth-order valence-corrected chi connectivity index (χ4v) is 6.25. The summed E-state index contributed by atoms with van der Waals surface area (Å²) in [4.78, 5) is 25.3. The SMILES string of the molecule is CCCCC/C=C\C/C=C\CCCCCCCC(=O)C(C)(N)C(Cl)(C(=O)CCCCCCC/C=C\C/C=C\CCCCC)C(C)C. The fourth-order valence-electron chi connectivity index (χ4n) is 6.05. The van der Waals surface area contributed by atoms with Gasteiger partial charge in [0.05, 0.1) is 5.54 Å². The number of alkyl halides is 1. The maximum absolute atomic E-state index is 13.4. The van der Waals surface area contributed by atoms with Gasteiger partial charge in [0.1, 0.15) is 4.87 Å². The number of halogens is 1. The van der Waals surface area contributed by atoms with Crippen LogP contribution in [0.5, 0.6) is 0 Å². The van der Waals surface area contributed by atoms with Gasteiger partial charge in [0.2, 0.25) is 0 Å². The highest BCUT2D eigenvalue weighted by Gasteiger charge is 2.55. The van der Waals surface area contributed by atoms with Crippen LogP contribution in [0.1, 0.15) is 189 Å². The molecule has 0 aliphatic rings. The minimum atomic E-state index is -1.37. The van der Waals surface area contributed by atoms with E-state index in [4.69, 9.17) is 17.3 Å². The minimum Gasteiger partial charge on any atom is -0.317 e. The zero-order valence-corrected chi connectivity index (χ0v) is 31.7. The van der Waals surface area contributed by atoms with Crippen molar-refractivity contribution < 1.29 is 9.59 Å². The molecule has 2 unspecified atom stereocenters. The molecular weight excluding hydrogens is 586 g/mol. The van der Waals surface area contributed by atoms with Crippen molar-refractivity contribution in [2.45, 2.75) is 199 Å². The third kappa shape index (κ3) is 20.7. The number of carbonyl (C=O) groups excluding carboxylic acids is 2. The minimum absolute atomic E-state index is 0.0757. The Morgan fingerprint density at radius 2 is 0.870 bits per heavy atom. The van der Waals surface area contributed by atoms with Crippen LogP contribution in [0.25, 0.3) is 0 Å². The first-order chi connectivity index (χ1) is 22.2. The van der Waals surface area contributed by atoms with Crippen LogP contribution in [0.3, 0.4) is 0 Å². The van der Waals surface area contributed by atoms with Crippen LogP contribution in [0.15, 0.2) is 48.6 Å². The Bertz CT molecular complexity index is 869. The predicted octanol–water partition coefficient (Wildman–Crippen LogP) is 13.1. The molecular formula is C42H74ClNO2. The molecule has 0 amide bonds. The molecule has 0 aromatic carbocycles. The molecule has 0 bridgehead atoms. The summed E-state index contributed by atoms with van der Waals surface area (Å²) in [5, 5.41) is 0. The first-order valence-electron chi connectivity index (χ1n) is 19.3. The lowest BCUT2D eigenvalue weighted by atomic mass is 9.71. The maximum Gasteiger partial charge on any atom is 0.156 e. The number of hydrogen-bond acceptors (Lipinski definition) is 3. The van der Waals surface area contributed by atoms with Crippen molar-refractivity contribution in [3.05, 3.63) is 48.6 Å². The molecule has 46 heavy (non-hydrogen) atoms. The summed E-state index contributed by atoms with van der Waals surface area (Å²) in [5.74, 6) is -0.383. The van der Waals surface area contributed by atoms with Crippen molar-refractivity contribution in [2.75, 3.05) is 0 Å². The Morgan fingerprint density at radius 1 is 0.543 bits per heavy atom. The number of unbranched alkanes of at least 4 members (excludes halogenated alkanes) is 16. The molecule has 4 heteroatoms. The Balaban J connectivity index is 4.24. The highest BCUT2D eigenvalue weighted by molar-refractivity contribution is 6.38. The van der Waals surface area contributed by atoms with Gasteiger partial charge in [-0.2, -0.15) is 0 Å². The van der Waals surface area contributed by atoms with Crippen molar-refractivity contribution >= 4 is 23.2 Å². The van der Waals surface area contributed by atoms with E-state index >= 15 is 0 Å². The van der Waals surface area contributed by atoms with Crippen LogP contribution in [0, 0.1) is 5.92 Å². The second kappa shape index (κ2) is 29.7. The number of nitrogens with two attached hydrogens (primary N) is 1. The first kappa shape index (κ1) is 44.5. The fraction of sp³-hybridized carbons (Fsp3) is 0.762. The maximum atomic E-state index is 13.4. The second-order valence-electron chi connectivity index (χ2n) is 13.9. The van der Waals surface area contributed by atoms with Crippen molar-refractivity contribution in [2.24, 2.45) is 11.7 Å². The molecule has 0 saturated heterocycles. The molecule has 0 radical (unpaired) electrons. The normalized spacial score (nSPS) is 15.1. The van der Waals surface area contributed by atoms with Crippen molar-refractivity contribution in [1.29, 1.82) is 0 Å². The third-order valence-electron chi connectivity index (χ3n) is 9.25. The number of ketones is 2. The average Bonchev–Trinajstić information content (AvgIpc) is 3.03. The van der Waals surface area contributed by atoms with Crippen LogP contribution >= 0.6 is 11.6 Å². The van der Waals surface area contributed by atoms with Gasteiger partial charge in [-0.15, -0.1) is 11.6 Å². The van der Waals surface area contributed by atoms with Crippen molar-refractivity contribution in [3.8, 4) is 0 Å². The van der Waals surface area contributed by atoms with E-state index in [9.17, 15) is 9.59 Å². The summed E-state index contributed by atoms with van der Waals surface area (Å²) in [5.41, 5.74) is 5.26. The third-order valence-corrected chi connectivity index (χ3v) is 10.3. The van der Waals surface area contributed by atoms with Gasteiger partial charge < -0.3 is 5.73 Å². The molecule has 0 aromatic rings. The molecule has 0 fully saturated rings. The summed E-state index contributed by atoms with van der Waals surface area (Å²) >= 11 is 7.03. The lowest BCUT2D eigenvalue weighted by Gasteiger charge is -2.42.